The fourth-order valence-electron chi connectivity index (χ4n) is 4.87. The Morgan fingerprint density at radius 3 is 2.69 bits per heavy atom. The van der Waals surface area contributed by atoms with Crippen LogP contribution >= 0.6 is 0 Å². The SMILES string of the molecule is O=C(c1cccn2ccnc12)N1CCC2(CC1)OCCc1cnc(-c3ccccc3)nc12. The van der Waals surface area contributed by atoms with Crippen molar-refractivity contribution < 1.29 is 9.53 Å². The van der Waals surface area contributed by atoms with E-state index in [2.05, 4.69) is 9.97 Å². The number of hydrogen-bond donors (Lipinski definition) is 0. The number of carbonyl (C=O) groups excluding carboxylic acids is 1. The fourth-order valence-corrected chi connectivity index (χ4v) is 4.87. The zero-order valence-corrected chi connectivity index (χ0v) is 17.6. The molecule has 1 saturated heterocycles. The Labute approximate surface area is 185 Å². The molecule has 160 valence electrons. The largest absolute Gasteiger partial charge is 0.368 e. The molecule has 0 atom stereocenters. The molecule has 1 amide bonds. The highest BCUT2D eigenvalue weighted by atomic mass is 16.5. The number of rotatable bonds is 2. The molecule has 5 heterocycles. The van der Waals surface area contributed by atoms with E-state index in [-0.39, 0.29) is 5.91 Å². The van der Waals surface area contributed by atoms with E-state index in [9.17, 15) is 4.79 Å². The molecule has 32 heavy (non-hydrogen) atoms. The third-order valence-electron chi connectivity index (χ3n) is 6.59. The minimum Gasteiger partial charge on any atom is -0.368 e. The van der Waals surface area contributed by atoms with Crippen LogP contribution in [-0.4, -0.2) is 49.9 Å². The lowest BCUT2D eigenvalue weighted by molar-refractivity contribution is -0.0966. The van der Waals surface area contributed by atoms with Crippen LogP contribution in [0.1, 0.15) is 34.5 Å². The van der Waals surface area contributed by atoms with E-state index in [1.165, 1.54) is 0 Å². The average molecular weight is 425 g/mol. The molecule has 2 aliphatic heterocycles. The van der Waals surface area contributed by atoms with E-state index in [4.69, 9.17) is 9.72 Å². The van der Waals surface area contributed by atoms with Gasteiger partial charge < -0.3 is 14.0 Å². The van der Waals surface area contributed by atoms with Crippen LogP contribution in [0.25, 0.3) is 17.0 Å². The molecule has 0 unspecified atom stereocenters. The average Bonchev–Trinajstić information content (AvgIpc) is 3.34. The van der Waals surface area contributed by atoms with E-state index in [1.54, 1.807) is 6.20 Å². The molecule has 7 heteroatoms. The standard InChI is InChI=1S/C25H23N5O2/c31-24(20-7-4-12-29-15-11-26-23(20)29)30-13-9-25(10-14-30)21-19(8-16-32-25)17-27-22(28-21)18-5-2-1-3-6-18/h1-7,11-12,15,17H,8-10,13-14,16H2. The van der Waals surface area contributed by atoms with Crippen LogP contribution in [-0.2, 0) is 16.8 Å². The van der Waals surface area contributed by atoms with Gasteiger partial charge in [-0.05, 0) is 37.0 Å². The predicted molar refractivity (Wildman–Crippen MR) is 119 cm³/mol. The molecule has 0 bridgehead atoms. The molecule has 1 spiro atoms. The summed E-state index contributed by atoms with van der Waals surface area (Å²) in [5.41, 5.74) is 4.00. The number of nitrogens with zero attached hydrogens (tertiary/aromatic N) is 5. The van der Waals surface area contributed by atoms with Crippen molar-refractivity contribution in [2.24, 2.45) is 0 Å². The second-order valence-corrected chi connectivity index (χ2v) is 8.40. The van der Waals surface area contributed by atoms with Crippen LogP contribution < -0.4 is 0 Å². The number of pyridine rings is 1. The molecule has 2 aliphatic rings. The summed E-state index contributed by atoms with van der Waals surface area (Å²) in [6, 6.07) is 13.8. The monoisotopic (exact) mass is 425 g/mol. The van der Waals surface area contributed by atoms with Gasteiger partial charge in [0.25, 0.3) is 5.91 Å². The number of amides is 1. The maximum Gasteiger partial charge on any atom is 0.257 e. The van der Waals surface area contributed by atoms with Crippen molar-refractivity contribution in [3.05, 3.63) is 84.1 Å². The van der Waals surface area contributed by atoms with Crippen LogP contribution in [0.4, 0.5) is 0 Å². The quantitative estimate of drug-likeness (QED) is 0.492. The lowest BCUT2D eigenvalue weighted by atomic mass is 9.83. The highest BCUT2D eigenvalue weighted by Gasteiger charge is 2.43. The second kappa shape index (κ2) is 7.53. The van der Waals surface area contributed by atoms with Gasteiger partial charge in [-0.1, -0.05) is 30.3 Å². The third-order valence-corrected chi connectivity index (χ3v) is 6.59. The number of benzene rings is 1. The molecule has 0 N–H and O–H groups in total. The number of hydrogen-bond acceptors (Lipinski definition) is 5. The number of likely N-dealkylation sites (tertiary alicyclic amines) is 1. The number of piperidine rings is 1. The first kappa shape index (κ1) is 19.1. The first-order chi connectivity index (χ1) is 15.7. The number of fused-ring (bicyclic) bond motifs is 3. The van der Waals surface area contributed by atoms with E-state index in [0.29, 0.717) is 43.7 Å². The van der Waals surface area contributed by atoms with Crippen LogP contribution in [0.2, 0.25) is 0 Å². The lowest BCUT2D eigenvalue weighted by Gasteiger charge is -2.44. The molecule has 4 aromatic rings. The highest BCUT2D eigenvalue weighted by molar-refractivity contribution is 5.99. The molecular formula is C25H23N5O2. The van der Waals surface area contributed by atoms with Crippen LogP contribution in [0, 0.1) is 0 Å². The molecular weight excluding hydrogens is 402 g/mol. The van der Waals surface area contributed by atoms with Crippen molar-refractivity contribution in [3.63, 3.8) is 0 Å². The van der Waals surface area contributed by atoms with E-state index >= 15 is 0 Å². The van der Waals surface area contributed by atoms with Gasteiger partial charge in [-0.3, -0.25) is 4.79 Å². The van der Waals surface area contributed by atoms with Crippen LogP contribution in [0.3, 0.4) is 0 Å². The third kappa shape index (κ3) is 3.08. The van der Waals surface area contributed by atoms with Gasteiger partial charge >= 0.3 is 0 Å². The van der Waals surface area contributed by atoms with E-state index in [0.717, 1.165) is 29.1 Å². The van der Waals surface area contributed by atoms with Gasteiger partial charge in [0.1, 0.15) is 11.2 Å². The number of aromatic nitrogens is 4. The van der Waals surface area contributed by atoms with E-state index in [1.807, 2.05) is 70.4 Å². The van der Waals surface area contributed by atoms with Crippen molar-refractivity contribution in [2.45, 2.75) is 24.9 Å². The summed E-state index contributed by atoms with van der Waals surface area (Å²) in [6.45, 7) is 1.89. The maximum absolute atomic E-state index is 13.3. The molecule has 1 aromatic carbocycles. The summed E-state index contributed by atoms with van der Waals surface area (Å²) in [7, 11) is 0. The summed E-state index contributed by atoms with van der Waals surface area (Å²) in [5, 5.41) is 0. The Bertz CT molecular complexity index is 1290. The predicted octanol–water partition coefficient (Wildman–Crippen LogP) is 3.50. The van der Waals surface area contributed by atoms with Gasteiger partial charge in [0.2, 0.25) is 0 Å². The Balaban J connectivity index is 1.28. The van der Waals surface area contributed by atoms with E-state index < -0.39 is 5.60 Å². The lowest BCUT2D eigenvalue weighted by Crippen LogP contribution is -2.49. The van der Waals surface area contributed by atoms with Gasteiger partial charge in [-0.2, -0.15) is 0 Å². The molecule has 0 aliphatic carbocycles. The summed E-state index contributed by atoms with van der Waals surface area (Å²) >= 11 is 0. The smallest absolute Gasteiger partial charge is 0.257 e. The second-order valence-electron chi connectivity index (χ2n) is 8.40. The fraction of sp³-hybridized carbons (Fsp3) is 0.280. The Morgan fingerprint density at radius 1 is 1.00 bits per heavy atom. The molecule has 0 saturated carbocycles. The van der Waals surface area contributed by atoms with Crippen molar-refractivity contribution in [2.75, 3.05) is 19.7 Å². The van der Waals surface area contributed by atoms with Gasteiger partial charge in [0, 0.05) is 43.4 Å². The Morgan fingerprint density at radius 2 is 1.84 bits per heavy atom. The molecule has 7 nitrogen and oxygen atoms in total. The molecule has 3 aromatic heterocycles. The van der Waals surface area contributed by atoms with Crippen LogP contribution in [0.5, 0.6) is 0 Å². The van der Waals surface area contributed by atoms with Crippen molar-refractivity contribution >= 4 is 11.6 Å². The summed E-state index contributed by atoms with van der Waals surface area (Å²) in [5.74, 6) is 0.735. The number of carbonyl (C=O) groups is 1. The summed E-state index contributed by atoms with van der Waals surface area (Å²) < 4.78 is 8.25. The van der Waals surface area contributed by atoms with Crippen molar-refractivity contribution in [1.82, 2.24) is 24.3 Å². The molecule has 1 fully saturated rings. The number of ether oxygens (including phenoxy) is 1. The molecule has 0 radical (unpaired) electrons. The van der Waals surface area contributed by atoms with Gasteiger partial charge in [0.15, 0.2) is 5.82 Å². The minimum atomic E-state index is -0.462. The van der Waals surface area contributed by atoms with Gasteiger partial charge in [-0.15, -0.1) is 0 Å². The van der Waals surface area contributed by atoms with Gasteiger partial charge in [-0.25, -0.2) is 15.0 Å². The van der Waals surface area contributed by atoms with Gasteiger partial charge in [0.05, 0.1) is 17.9 Å². The summed E-state index contributed by atoms with van der Waals surface area (Å²) in [4.78, 5) is 29.1. The number of imidazole rings is 1. The maximum atomic E-state index is 13.3. The zero-order valence-electron chi connectivity index (χ0n) is 17.6. The Hall–Kier alpha value is -3.58. The normalized spacial score (nSPS) is 17.4. The summed E-state index contributed by atoms with van der Waals surface area (Å²) in [6.07, 6.45) is 9.68. The minimum absolute atomic E-state index is 0.0142. The highest BCUT2D eigenvalue weighted by Crippen LogP contribution is 2.41. The topological polar surface area (TPSA) is 72.6 Å². The first-order valence-corrected chi connectivity index (χ1v) is 11.0. The van der Waals surface area contributed by atoms with Crippen LogP contribution in [0.15, 0.2) is 67.3 Å². The molecule has 6 rings (SSSR count). The first-order valence-electron chi connectivity index (χ1n) is 11.0. The van der Waals surface area contributed by atoms with Crippen molar-refractivity contribution in [1.29, 1.82) is 0 Å². The van der Waals surface area contributed by atoms with Crippen molar-refractivity contribution in [3.8, 4) is 11.4 Å². The Kier molecular flexibility index (Phi) is 4.50. The zero-order chi connectivity index (χ0) is 21.5.